The second kappa shape index (κ2) is 6.51. The Kier molecular flexibility index (Phi) is 4.97. The van der Waals surface area contributed by atoms with Gasteiger partial charge < -0.3 is 10.1 Å². The van der Waals surface area contributed by atoms with E-state index in [1.54, 1.807) is 7.11 Å². The molecule has 2 nitrogen and oxygen atoms in total. The van der Waals surface area contributed by atoms with Crippen LogP contribution in [0, 0.1) is 0 Å². The Morgan fingerprint density at radius 1 is 1.16 bits per heavy atom. The summed E-state index contributed by atoms with van der Waals surface area (Å²) in [5.41, 5.74) is 1.85. The van der Waals surface area contributed by atoms with E-state index in [1.165, 1.54) is 0 Å². The first-order chi connectivity index (χ1) is 9.11. The second-order valence-corrected chi connectivity index (χ2v) is 5.57. The third-order valence-electron chi connectivity index (χ3n) is 2.68. The molecule has 0 aliphatic rings. The number of ether oxygens (including phenoxy) is 1. The predicted molar refractivity (Wildman–Crippen MR) is 84.5 cm³/mol. The minimum Gasteiger partial charge on any atom is -0.496 e. The molecule has 5 heteroatoms. The fourth-order valence-corrected chi connectivity index (χ4v) is 2.74. The summed E-state index contributed by atoms with van der Waals surface area (Å²) >= 11 is 15.7. The first kappa shape index (κ1) is 14.5. The molecule has 2 rings (SSSR count). The Hall–Kier alpha value is -0.900. The molecule has 0 heterocycles. The van der Waals surface area contributed by atoms with Crippen LogP contribution in [0.1, 0.15) is 5.56 Å². The highest BCUT2D eigenvalue weighted by atomic mass is 79.9. The van der Waals surface area contributed by atoms with Crippen LogP contribution in [-0.4, -0.2) is 7.11 Å². The maximum Gasteiger partial charge on any atom is 0.133 e. The van der Waals surface area contributed by atoms with E-state index in [9.17, 15) is 0 Å². The highest BCUT2D eigenvalue weighted by molar-refractivity contribution is 9.10. The van der Waals surface area contributed by atoms with Crippen LogP contribution in [0.4, 0.5) is 5.69 Å². The Balaban J connectivity index is 2.13. The quantitative estimate of drug-likeness (QED) is 0.790. The van der Waals surface area contributed by atoms with Crippen LogP contribution in [0.5, 0.6) is 5.75 Å². The summed E-state index contributed by atoms with van der Waals surface area (Å²) in [4.78, 5) is 0. The first-order valence-corrected chi connectivity index (χ1v) is 7.17. The average Bonchev–Trinajstić information content (AvgIpc) is 2.38. The number of hydrogen-bond acceptors (Lipinski definition) is 2. The molecule has 0 amide bonds. The van der Waals surface area contributed by atoms with Gasteiger partial charge in [0.15, 0.2) is 0 Å². The van der Waals surface area contributed by atoms with Gasteiger partial charge in [-0.1, -0.05) is 29.3 Å². The largest absolute Gasteiger partial charge is 0.496 e. The molecule has 2 aromatic rings. The Labute approximate surface area is 130 Å². The van der Waals surface area contributed by atoms with Crippen LogP contribution in [0.15, 0.2) is 40.9 Å². The minimum atomic E-state index is 0.567. The van der Waals surface area contributed by atoms with Gasteiger partial charge in [-0.3, -0.25) is 0 Å². The van der Waals surface area contributed by atoms with Gasteiger partial charge in [0.1, 0.15) is 5.75 Å². The van der Waals surface area contributed by atoms with Crippen LogP contribution in [0.2, 0.25) is 10.0 Å². The molecule has 19 heavy (non-hydrogen) atoms. The molecule has 100 valence electrons. The molecule has 0 fully saturated rings. The van der Waals surface area contributed by atoms with Crippen molar-refractivity contribution in [3.63, 3.8) is 0 Å². The van der Waals surface area contributed by atoms with Crippen molar-refractivity contribution in [2.45, 2.75) is 6.54 Å². The molecule has 0 saturated heterocycles. The van der Waals surface area contributed by atoms with Gasteiger partial charge in [0, 0.05) is 27.8 Å². The topological polar surface area (TPSA) is 21.3 Å². The van der Waals surface area contributed by atoms with Crippen molar-refractivity contribution in [3.05, 3.63) is 56.5 Å². The molecule has 0 aliphatic carbocycles. The van der Waals surface area contributed by atoms with Crippen LogP contribution in [-0.2, 0) is 6.54 Å². The minimum absolute atomic E-state index is 0.567. The Morgan fingerprint density at radius 2 is 1.84 bits per heavy atom. The van der Waals surface area contributed by atoms with Gasteiger partial charge in [0.2, 0.25) is 0 Å². The molecule has 2 aromatic carbocycles. The number of methoxy groups -OCH3 is 1. The number of hydrogen-bond donors (Lipinski definition) is 1. The lowest BCUT2D eigenvalue weighted by molar-refractivity contribution is 0.412. The number of halogens is 3. The summed E-state index contributed by atoms with van der Waals surface area (Å²) < 4.78 is 6.08. The zero-order valence-electron chi connectivity index (χ0n) is 10.2. The molecule has 1 N–H and O–H groups in total. The van der Waals surface area contributed by atoms with Gasteiger partial charge in [0.25, 0.3) is 0 Å². The molecular weight excluding hydrogens is 349 g/mol. The lowest BCUT2D eigenvalue weighted by Crippen LogP contribution is -2.01. The van der Waals surface area contributed by atoms with Crippen LogP contribution >= 0.6 is 39.1 Å². The average molecular weight is 361 g/mol. The molecular formula is C14H12BrCl2NO. The SMILES string of the molecule is COc1ccc(NCc2c(Cl)cccc2Cl)cc1Br. The molecule has 0 spiro atoms. The summed E-state index contributed by atoms with van der Waals surface area (Å²) in [6.07, 6.45) is 0. The standard InChI is InChI=1S/C14H12BrCl2NO/c1-19-14-6-5-9(7-11(14)15)18-8-10-12(16)3-2-4-13(10)17/h2-7,18H,8H2,1H3. The molecule has 0 atom stereocenters. The third kappa shape index (κ3) is 3.56. The number of anilines is 1. The predicted octanol–water partition coefficient (Wildman–Crippen LogP) is 5.38. The molecule has 0 aliphatic heterocycles. The fraction of sp³-hybridized carbons (Fsp3) is 0.143. The van der Waals surface area contributed by atoms with Crippen molar-refractivity contribution >= 4 is 44.8 Å². The van der Waals surface area contributed by atoms with E-state index in [1.807, 2.05) is 36.4 Å². The van der Waals surface area contributed by atoms with Gasteiger partial charge in [-0.15, -0.1) is 0 Å². The Bertz CT molecular complexity index is 569. The fourth-order valence-electron chi connectivity index (χ4n) is 1.67. The van der Waals surface area contributed by atoms with Gasteiger partial charge in [-0.2, -0.15) is 0 Å². The van der Waals surface area contributed by atoms with Crippen molar-refractivity contribution in [3.8, 4) is 5.75 Å². The van der Waals surface area contributed by atoms with Crippen LogP contribution in [0.25, 0.3) is 0 Å². The van der Waals surface area contributed by atoms with Crippen molar-refractivity contribution in [1.82, 2.24) is 0 Å². The lowest BCUT2D eigenvalue weighted by Gasteiger charge is -2.11. The Morgan fingerprint density at radius 3 is 2.42 bits per heavy atom. The summed E-state index contributed by atoms with van der Waals surface area (Å²) in [5.74, 6) is 0.793. The summed E-state index contributed by atoms with van der Waals surface area (Å²) in [5, 5.41) is 4.60. The highest BCUT2D eigenvalue weighted by Crippen LogP contribution is 2.29. The van der Waals surface area contributed by atoms with E-state index in [2.05, 4.69) is 21.2 Å². The summed E-state index contributed by atoms with van der Waals surface area (Å²) in [6.45, 7) is 0.567. The van der Waals surface area contributed by atoms with Crippen molar-refractivity contribution < 1.29 is 4.74 Å². The maximum atomic E-state index is 6.12. The molecule has 0 bridgehead atoms. The number of nitrogens with one attached hydrogen (secondary N) is 1. The van der Waals surface area contributed by atoms with Gasteiger partial charge >= 0.3 is 0 Å². The molecule has 0 aromatic heterocycles. The smallest absolute Gasteiger partial charge is 0.133 e. The molecule has 0 saturated carbocycles. The second-order valence-electron chi connectivity index (χ2n) is 3.90. The van der Waals surface area contributed by atoms with E-state index in [0.29, 0.717) is 16.6 Å². The monoisotopic (exact) mass is 359 g/mol. The van der Waals surface area contributed by atoms with Crippen molar-refractivity contribution in [2.24, 2.45) is 0 Å². The van der Waals surface area contributed by atoms with Crippen LogP contribution < -0.4 is 10.1 Å². The summed E-state index contributed by atoms with van der Waals surface area (Å²) in [6, 6.07) is 11.3. The van der Waals surface area contributed by atoms with Gasteiger partial charge in [-0.25, -0.2) is 0 Å². The zero-order valence-corrected chi connectivity index (χ0v) is 13.3. The van der Waals surface area contributed by atoms with Gasteiger partial charge in [0.05, 0.1) is 11.6 Å². The molecule has 0 radical (unpaired) electrons. The number of benzene rings is 2. The zero-order chi connectivity index (χ0) is 13.8. The number of rotatable bonds is 4. The van der Waals surface area contributed by atoms with Gasteiger partial charge in [-0.05, 0) is 46.3 Å². The first-order valence-electron chi connectivity index (χ1n) is 5.62. The lowest BCUT2D eigenvalue weighted by atomic mass is 10.2. The van der Waals surface area contributed by atoms with Crippen molar-refractivity contribution in [1.29, 1.82) is 0 Å². The van der Waals surface area contributed by atoms with E-state index in [-0.39, 0.29) is 0 Å². The normalized spacial score (nSPS) is 10.3. The highest BCUT2D eigenvalue weighted by Gasteiger charge is 2.06. The third-order valence-corrected chi connectivity index (χ3v) is 4.01. The van der Waals surface area contributed by atoms with E-state index in [0.717, 1.165) is 21.5 Å². The van der Waals surface area contributed by atoms with Crippen LogP contribution in [0.3, 0.4) is 0 Å². The maximum absolute atomic E-state index is 6.12. The van der Waals surface area contributed by atoms with E-state index >= 15 is 0 Å². The van der Waals surface area contributed by atoms with E-state index in [4.69, 9.17) is 27.9 Å². The molecule has 0 unspecified atom stereocenters. The van der Waals surface area contributed by atoms with E-state index < -0.39 is 0 Å². The van der Waals surface area contributed by atoms with Crippen molar-refractivity contribution in [2.75, 3.05) is 12.4 Å². The summed E-state index contributed by atoms with van der Waals surface area (Å²) in [7, 11) is 1.64.